The van der Waals surface area contributed by atoms with E-state index in [9.17, 15) is 4.79 Å². The third-order valence-electron chi connectivity index (χ3n) is 3.50. The summed E-state index contributed by atoms with van der Waals surface area (Å²) in [6.45, 7) is 3.13. The third-order valence-corrected chi connectivity index (χ3v) is 3.50. The zero-order chi connectivity index (χ0) is 13.8. The summed E-state index contributed by atoms with van der Waals surface area (Å²) in [6, 6.07) is 3.80. The second-order valence-electron chi connectivity index (χ2n) is 5.26. The Balaban J connectivity index is 2.01. The lowest BCUT2D eigenvalue weighted by Gasteiger charge is -2.18. The number of carbonyl (C=O) groups excluding carboxylic acids is 1. The number of nitrogens with one attached hydrogen (secondary N) is 1. The van der Waals surface area contributed by atoms with Crippen LogP contribution in [0.4, 0.5) is 5.82 Å². The van der Waals surface area contributed by atoms with E-state index in [2.05, 4.69) is 15.2 Å². The molecule has 1 aromatic heterocycles. The molecule has 1 aliphatic rings. The van der Waals surface area contributed by atoms with Crippen LogP contribution in [0, 0.1) is 5.92 Å². The number of aromatic nitrogens is 1. The smallest absolute Gasteiger partial charge is 0.254 e. The molecule has 1 atom stereocenters. The van der Waals surface area contributed by atoms with Crippen molar-refractivity contribution in [3.05, 3.63) is 23.9 Å². The molecule has 1 N–H and O–H groups in total. The maximum Gasteiger partial charge on any atom is 0.254 e. The van der Waals surface area contributed by atoms with Gasteiger partial charge in [-0.25, -0.2) is 4.98 Å². The third kappa shape index (κ3) is 3.23. The summed E-state index contributed by atoms with van der Waals surface area (Å²) in [4.78, 5) is 20.0. The Kier molecular flexibility index (Phi) is 4.37. The van der Waals surface area contributed by atoms with Crippen molar-refractivity contribution >= 4 is 11.7 Å². The first kappa shape index (κ1) is 13.8. The molecule has 104 valence electrons. The van der Waals surface area contributed by atoms with Crippen LogP contribution >= 0.6 is 0 Å². The van der Waals surface area contributed by atoms with Gasteiger partial charge in [-0.1, -0.05) is 0 Å². The van der Waals surface area contributed by atoms with Crippen molar-refractivity contribution in [1.29, 1.82) is 0 Å². The van der Waals surface area contributed by atoms with E-state index in [1.165, 1.54) is 6.42 Å². The summed E-state index contributed by atoms with van der Waals surface area (Å²) < 4.78 is 0. The number of anilines is 1. The lowest BCUT2D eigenvalue weighted by atomic mass is 10.1. The molecule has 19 heavy (non-hydrogen) atoms. The number of rotatable bonds is 4. The van der Waals surface area contributed by atoms with Crippen LogP contribution in [0.5, 0.6) is 0 Å². The summed E-state index contributed by atoms with van der Waals surface area (Å²) in [5.74, 6) is 1.65. The first-order valence-corrected chi connectivity index (χ1v) is 6.69. The Hall–Kier alpha value is -1.62. The van der Waals surface area contributed by atoms with Gasteiger partial charge in [0, 0.05) is 33.4 Å². The molecule has 0 radical (unpaired) electrons. The summed E-state index contributed by atoms with van der Waals surface area (Å²) in [5, 5.41) is 3.22. The summed E-state index contributed by atoms with van der Waals surface area (Å²) >= 11 is 0. The van der Waals surface area contributed by atoms with E-state index >= 15 is 0 Å². The van der Waals surface area contributed by atoms with Crippen molar-refractivity contribution in [2.24, 2.45) is 5.92 Å². The average Bonchev–Trinajstić information content (AvgIpc) is 2.87. The molecule has 0 aliphatic carbocycles. The molecule has 1 amide bonds. The van der Waals surface area contributed by atoms with E-state index in [4.69, 9.17) is 0 Å². The standard InChI is InChI=1S/C14H22N4O/c1-15-8-11-6-7-18(10-11)13-5-4-12(9-16-13)14(19)17(2)3/h4-5,9,11,15H,6-8,10H2,1-3H3. The quantitative estimate of drug-likeness (QED) is 0.873. The Labute approximate surface area is 114 Å². The van der Waals surface area contributed by atoms with Gasteiger partial charge in [0.1, 0.15) is 5.82 Å². The van der Waals surface area contributed by atoms with E-state index in [1.54, 1.807) is 25.2 Å². The van der Waals surface area contributed by atoms with Crippen molar-refractivity contribution in [2.45, 2.75) is 6.42 Å². The van der Waals surface area contributed by atoms with Crippen molar-refractivity contribution in [1.82, 2.24) is 15.2 Å². The molecule has 2 heterocycles. The van der Waals surface area contributed by atoms with E-state index in [-0.39, 0.29) is 5.91 Å². The second-order valence-corrected chi connectivity index (χ2v) is 5.26. The van der Waals surface area contributed by atoms with Crippen molar-refractivity contribution in [2.75, 3.05) is 45.7 Å². The van der Waals surface area contributed by atoms with Crippen LogP contribution in [0.25, 0.3) is 0 Å². The fourth-order valence-corrected chi connectivity index (χ4v) is 2.45. The summed E-state index contributed by atoms with van der Waals surface area (Å²) in [6.07, 6.45) is 2.87. The predicted octanol–water partition coefficient (Wildman–Crippen LogP) is 0.829. The fourth-order valence-electron chi connectivity index (χ4n) is 2.45. The molecule has 0 bridgehead atoms. The maximum atomic E-state index is 11.8. The molecule has 1 unspecified atom stereocenters. The molecule has 0 saturated carbocycles. The average molecular weight is 262 g/mol. The molecule has 0 aromatic carbocycles. The molecule has 1 saturated heterocycles. The second kappa shape index (κ2) is 6.02. The maximum absolute atomic E-state index is 11.8. The summed E-state index contributed by atoms with van der Waals surface area (Å²) in [5.41, 5.74) is 0.639. The van der Waals surface area contributed by atoms with Gasteiger partial charge >= 0.3 is 0 Å². The van der Waals surface area contributed by atoms with Gasteiger partial charge < -0.3 is 15.1 Å². The molecule has 2 rings (SSSR count). The topological polar surface area (TPSA) is 48.5 Å². The van der Waals surface area contributed by atoms with Crippen molar-refractivity contribution in [3.8, 4) is 0 Å². The van der Waals surface area contributed by atoms with Crippen LogP contribution in [-0.2, 0) is 0 Å². The highest BCUT2D eigenvalue weighted by molar-refractivity contribution is 5.93. The first-order valence-electron chi connectivity index (χ1n) is 6.69. The molecule has 0 spiro atoms. The van der Waals surface area contributed by atoms with E-state index < -0.39 is 0 Å². The monoisotopic (exact) mass is 262 g/mol. The Bertz CT molecular complexity index is 430. The summed E-state index contributed by atoms with van der Waals surface area (Å²) in [7, 11) is 5.49. The number of hydrogen-bond acceptors (Lipinski definition) is 4. The number of nitrogens with zero attached hydrogens (tertiary/aromatic N) is 3. The highest BCUT2D eigenvalue weighted by atomic mass is 16.2. The number of hydrogen-bond donors (Lipinski definition) is 1. The van der Waals surface area contributed by atoms with Crippen LogP contribution in [-0.4, -0.2) is 56.6 Å². The number of carbonyl (C=O) groups is 1. The molecular weight excluding hydrogens is 240 g/mol. The lowest BCUT2D eigenvalue weighted by molar-refractivity contribution is 0.0827. The van der Waals surface area contributed by atoms with Gasteiger partial charge in [0.25, 0.3) is 5.91 Å². The molecule has 5 nitrogen and oxygen atoms in total. The zero-order valence-electron chi connectivity index (χ0n) is 11.9. The van der Waals surface area contributed by atoms with E-state index in [1.807, 2.05) is 19.2 Å². The fraction of sp³-hybridized carbons (Fsp3) is 0.571. The van der Waals surface area contributed by atoms with Gasteiger partial charge in [-0.3, -0.25) is 4.79 Å². The molecule has 5 heteroatoms. The van der Waals surface area contributed by atoms with Crippen molar-refractivity contribution in [3.63, 3.8) is 0 Å². The van der Waals surface area contributed by atoms with Gasteiger partial charge in [-0.2, -0.15) is 0 Å². The highest BCUT2D eigenvalue weighted by Gasteiger charge is 2.22. The van der Waals surface area contributed by atoms with E-state index in [0.717, 1.165) is 25.5 Å². The minimum absolute atomic E-state index is 0.00599. The molecular formula is C14H22N4O. The van der Waals surface area contributed by atoms with Gasteiger partial charge in [-0.05, 0) is 38.1 Å². The zero-order valence-corrected chi connectivity index (χ0v) is 11.9. The normalized spacial score (nSPS) is 18.7. The molecule has 1 fully saturated rings. The predicted molar refractivity (Wildman–Crippen MR) is 76.5 cm³/mol. The van der Waals surface area contributed by atoms with Crippen LogP contribution in [0.15, 0.2) is 18.3 Å². The SMILES string of the molecule is CNCC1CCN(c2ccc(C(=O)N(C)C)cn2)C1. The Morgan fingerprint density at radius 2 is 2.32 bits per heavy atom. The number of pyridine rings is 1. The van der Waals surface area contributed by atoms with Gasteiger partial charge in [0.15, 0.2) is 0 Å². The van der Waals surface area contributed by atoms with Crippen LogP contribution in [0.2, 0.25) is 0 Å². The minimum atomic E-state index is -0.00599. The van der Waals surface area contributed by atoms with E-state index in [0.29, 0.717) is 11.5 Å². The van der Waals surface area contributed by atoms with Gasteiger partial charge in [0.05, 0.1) is 5.56 Å². The van der Waals surface area contributed by atoms with Crippen LogP contribution in [0.1, 0.15) is 16.8 Å². The first-order chi connectivity index (χ1) is 9.11. The van der Waals surface area contributed by atoms with Gasteiger partial charge in [-0.15, -0.1) is 0 Å². The lowest BCUT2D eigenvalue weighted by Crippen LogP contribution is -2.25. The minimum Gasteiger partial charge on any atom is -0.356 e. The van der Waals surface area contributed by atoms with Gasteiger partial charge in [0.2, 0.25) is 0 Å². The largest absolute Gasteiger partial charge is 0.356 e. The van der Waals surface area contributed by atoms with Crippen molar-refractivity contribution < 1.29 is 4.79 Å². The Morgan fingerprint density at radius 3 is 2.89 bits per heavy atom. The number of amides is 1. The molecule has 1 aliphatic heterocycles. The van der Waals surface area contributed by atoms with Crippen LogP contribution < -0.4 is 10.2 Å². The molecule has 1 aromatic rings. The van der Waals surface area contributed by atoms with Crippen LogP contribution in [0.3, 0.4) is 0 Å². The highest BCUT2D eigenvalue weighted by Crippen LogP contribution is 2.21. The Morgan fingerprint density at radius 1 is 1.53 bits per heavy atom.